The Morgan fingerprint density at radius 2 is 1.08 bits per heavy atom. The van der Waals surface area contributed by atoms with Crippen LogP contribution in [0.1, 0.15) is 6.92 Å². The van der Waals surface area contributed by atoms with Crippen molar-refractivity contribution in [3.8, 4) is 0 Å². The Kier molecular flexibility index (Phi) is 5.83. The van der Waals surface area contributed by atoms with Gasteiger partial charge in [-0.15, -0.1) is 0 Å². The lowest BCUT2D eigenvalue weighted by atomic mass is 10.3. The van der Waals surface area contributed by atoms with Gasteiger partial charge in [0.15, 0.2) is 8.07 Å². The topological polar surface area (TPSA) is 0 Å². The Hall–Kier alpha value is -2.90. The zero-order valence-electron chi connectivity index (χ0n) is 15.2. The summed E-state index contributed by atoms with van der Waals surface area (Å²) in [6.07, 6.45) is 8.39. The average Bonchev–Trinajstić information content (AvgIpc) is 2.73. The fraction of sp³-hybridized carbons (Fsp3) is 0.0400. The molecule has 26 heavy (non-hydrogen) atoms. The molecule has 0 unspecified atom stereocenters. The molecule has 3 aromatic carbocycles. The number of hydrogen-bond acceptors (Lipinski definition) is 0. The van der Waals surface area contributed by atoms with E-state index in [0.29, 0.717) is 0 Å². The Bertz CT molecular complexity index is 794. The fourth-order valence-electron chi connectivity index (χ4n) is 3.67. The fourth-order valence-corrected chi connectivity index (χ4v) is 8.53. The predicted molar refractivity (Wildman–Crippen MR) is 117 cm³/mol. The highest BCUT2D eigenvalue weighted by Gasteiger charge is 2.41. The lowest BCUT2D eigenvalue weighted by Crippen LogP contribution is -2.68. The maximum absolute atomic E-state index is 3.87. The van der Waals surface area contributed by atoms with E-state index >= 15 is 0 Å². The highest BCUT2D eigenvalue weighted by Crippen LogP contribution is 2.18. The minimum atomic E-state index is -2.36. The van der Waals surface area contributed by atoms with Crippen molar-refractivity contribution in [2.24, 2.45) is 0 Å². The quantitative estimate of drug-likeness (QED) is 0.351. The van der Waals surface area contributed by atoms with Crippen molar-refractivity contribution >= 4 is 23.6 Å². The first kappa shape index (κ1) is 17.9. The molecule has 1 heteroatoms. The van der Waals surface area contributed by atoms with Crippen molar-refractivity contribution in [1.29, 1.82) is 0 Å². The van der Waals surface area contributed by atoms with Crippen LogP contribution in [-0.4, -0.2) is 8.07 Å². The molecule has 3 rings (SSSR count). The van der Waals surface area contributed by atoms with E-state index in [1.54, 1.807) is 0 Å². The monoisotopic (exact) mass is 352 g/mol. The largest absolute Gasteiger partial charge is 0.179 e. The third kappa shape index (κ3) is 3.26. The molecule has 0 radical (unpaired) electrons. The molecule has 0 aliphatic carbocycles. The molecule has 3 aromatic rings. The Morgan fingerprint density at radius 1 is 0.692 bits per heavy atom. The van der Waals surface area contributed by atoms with E-state index in [2.05, 4.69) is 117 Å². The van der Waals surface area contributed by atoms with Crippen LogP contribution in [0, 0.1) is 0 Å². The minimum absolute atomic E-state index is 1.36. The molecule has 0 amide bonds. The number of allylic oxidation sites excluding steroid dienone is 5. The number of rotatable bonds is 6. The molecule has 0 fully saturated rings. The molecule has 0 N–H and O–H groups in total. The van der Waals surface area contributed by atoms with Crippen molar-refractivity contribution in [1.82, 2.24) is 0 Å². The zero-order chi connectivity index (χ0) is 18.2. The van der Waals surface area contributed by atoms with Gasteiger partial charge < -0.3 is 0 Å². The lowest BCUT2D eigenvalue weighted by Gasteiger charge is -2.35. The second-order valence-corrected chi connectivity index (χ2v) is 10.00. The molecule has 0 saturated heterocycles. The summed E-state index contributed by atoms with van der Waals surface area (Å²) in [7, 11) is -2.36. The van der Waals surface area contributed by atoms with E-state index in [9.17, 15) is 0 Å². The Balaban J connectivity index is 2.43. The van der Waals surface area contributed by atoms with Crippen molar-refractivity contribution in [3.05, 3.63) is 127 Å². The molecule has 0 bridgehead atoms. The lowest BCUT2D eigenvalue weighted by molar-refractivity contribution is 1.61. The van der Waals surface area contributed by atoms with E-state index in [-0.39, 0.29) is 0 Å². The van der Waals surface area contributed by atoms with Crippen LogP contribution >= 0.6 is 0 Å². The summed E-state index contributed by atoms with van der Waals surface area (Å²) >= 11 is 0. The first-order valence-corrected chi connectivity index (χ1v) is 11.0. The van der Waals surface area contributed by atoms with Gasteiger partial charge in [0.05, 0.1) is 0 Å². The highest BCUT2D eigenvalue weighted by molar-refractivity contribution is 7.16. The van der Waals surface area contributed by atoms with Crippen LogP contribution in [0.15, 0.2) is 127 Å². The maximum Gasteiger partial charge on any atom is 0.179 e. The molecule has 0 saturated carbocycles. The van der Waals surface area contributed by atoms with Crippen LogP contribution in [0.2, 0.25) is 0 Å². The Labute approximate surface area is 157 Å². The van der Waals surface area contributed by atoms with Crippen LogP contribution in [-0.2, 0) is 0 Å². The van der Waals surface area contributed by atoms with Crippen LogP contribution in [0.5, 0.6) is 0 Å². The van der Waals surface area contributed by atoms with E-state index in [1.807, 2.05) is 12.2 Å². The molecule has 0 spiro atoms. The SMILES string of the molecule is C=C/C=C\C(=C/C)[Si](c1ccccc1)(c1ccccc1)c1ccccc1. The smallest absolute Gasteiger partial charge is 0.0991 e. The van der Waals surface area contributed by atoms with Crippen molar-refractivity contribution in [2.75, 3.05) is 0 Å². The molecule has 0 nitrogen and oxygen atoms in total. The summed E-state index contributed by atoms with van der Waals surface area (Å²) in [5, 5.41) is 5.53. The van der Waals surface area contributed by atoms with Crippen molar-refractivity contribution in [2.45, 2.75) is 6.92 Å². The van der Waals surface area contributed by atoms with Crippen molar-refractivity contribution < 1.29 is 0 Å². The number of benzene rings is 3. The zero-order valence-corrected chi connectivity index (χ0v) is 16.2. The third-order valence-corrected chi connectivity index (χ3v) is 9.70. The average molecular weight is 353 g/mol. The molecular weight excluding hydrogens is 328 g/mol. The van der Waals surface area contributed by atoms with Gasteiger partial charge in [-0.1, -0.05) is 122 Å². The second kappa shape index (κ2) is 8.46. The van der Waals surface area contributed by atoms with Gasteiger partial charge in [-0.05, 0) is 27.7 Å². The molecule has 0 aliphatic heterocycles. The van der Waals surface area contributed by atoms with Crippen molar-refractivity contribution in [3.63, 3.8) is 0 Å². The van der Waals surface area contributed by atoms with Gasteiger partial charge in [0.25, 0.3) is 0 Å². The van der Waals surface area contributed by atoms with E-state index in [1.165, 1.54) is 20.8 Å². The Morgan fingerprint density at radius 3 is 1.38 bits per heavy atom. The van der Waals surface area contributed by atoms with Crippen LogP contribution in [0.25, 0.3) is 0 Å². The summed E-state index contributed by atoms with van der Waals surface area (Å²) < 4.78 is 0. The highest BCUT2D eigenvalue weighted by atomic mass is 28.3. The first-order valence-electron chi connectivity index (χ1n) is 8.96. The first-order chi connectivity index (χ1) is 12.8. The molecule has 0 aromatic heterocycles. The van der Waals surface area contributed by atoms with Gasteiger partial charge in [-0.2, -0.15) is 0 Å². The molecule has 0 atom stereocenters. The summed E-state index contributed by atoms with van der Waals surface area (Å²) in [6, 6.07) is 32.8. The van der Waals surface area contributed by atoms with Gasteiger partial charge in [-0.3, -0.25) is 0 Å². The summed E-state index contributed by atoms with van der Waals surface area (Å²) in [6.45, 7) is 6.01. The van der Waals surface area contributed by atoms with Crippen LogP contribution < -0.4 is 15.6 Å². The van der Waals surface area contributed by atoms with Crippen LogP contribution in [0.4, 0.5) is 0 Å². The molecule has 128 valence electrons. The molecular formula is C25H24Si. The van der Waals surface area contributed by atoms with Gasteiger partial charge in [-0.25, -0.2) is 0 Å². The predicted octanol–water partition coefficient (Wildman–Crippen LogP) is 4.38. The van der Waals surface area contributed by atoms with Crippen LogP contribution in [0.3, 0.4) is 0 Å². The third-order valence-electron chi connectivity index (χ3n) is 4.78. The van der Waals surface area contributed by atoms with Gasteiger partial charge in [0.2, 0.25) is 0 Å². The maximum atomic E-state index is 3.87. The van der Waals surface area contributed by atoms with E-state index in [4.69, 9.17) is 0 Å². The number of hydrogen-bond donors (Lipinski definition) is 0. The summed E-state index contributed by atoms with van der Waals surface area (Å²) in [4.78, 5) is 0. The van der Waals surface area contributed by atoms with Gasteiger partial charge in [0, 0.05) is 0 Å². The normalized spacial score (nSPS) is 12.3. The van der Waals surface area contributed by atoms with E-state index in [0.717, 1.165) is 0 Å². The second-order valence-electron chi connectivity index (χ2n) is 6.19. The van der Waals surface area contributed by atoms with Gasteiger partial charge >= 0.3 is 0 Å². The summed E-state index contributed by atoms with van der Waals surface area (Å²) in [5.74, 6) is 0. The van der Waals surface area contributed by atoms with Gasteiger partial charge in [0.1, 0.15) is 0 Å². The van der Waals surface area contributed by atoms with E-state index < -0.39 is 8.07 Å². The standard InChI is InChI=1S/C25H24Si/c1-3-5-15-22(4-2)26(23-16-9-6-10-17-23,24-18-11-7-12-19-24)25-20-13-8-14-21-25/h3-21H,1H2,2H3/b15-5-,22-4+. The summed E-state index contributed by atoms with van der Waals surface area (Å²) in [5.41, 5.74) is 0. The minimum Gasteiger partial charge on any atom is -0.0991 e. The molecule has 0 heterocycles. The molecule has 0 aliphatic rings.